The van der Waals surface area contributed by atoms with Gasteiger partial charge in [-0.05, 0) is 24.1 Å². The van der Waals surface area contributed by atoms with Crippen molar-refractivity contribution in [2.45, 2.75) is 25.6 Å². The predicted octanol–water partition coefficient (Wildman–Crippen LogP) is 3.68. The zero-order valence-corrected chi connectivity index (χ0v) is 14.4. The van der Waals surface area contributed by atoms with Gasteiger partial charge in [-0.25, -0.2) is 0 Å². The number of carbonyl (C=O) groups is 2. The van der Waals surface area contributed by atoms with Crippen LogP contribution in [0.4, 0.5) is 14.5 Å². The number of carbonyl (C=O) groups excluding carboxylic acids is 2. The lowest BCUT2D eigenvalue weighted by Gasteiger charge is -2.14. The van der Waals surface area contributed by atoms with Crippen molar-refractivity contribution >= 4 is 17.6 Å². The third-order valence-corrected chi connectivity index (χ3v) is 3.93. The van der Waals surface area contributed by atoms with E-state index in [1.54, 1.807) is 0 Å². The molecule has 0 aliphatic carbocycles. The largest absolute Gasteiger partial charge is 0.586 e. The highest BCUT2D eigenvalue weighted by Crippen LogP contribution is 2.42. The van der Waals surface area contributed by atoms with Crippen molar-refractivity contribution in [1.82, 2.24) is 0 Å². The van der Waals surface area contributed by atoms with Gasteiger partial charge in [0.2, 0.25) is 0 Å². The molecule has 1 aliphatic heterocycles. The number of hydrogen-bond donors (Lipinski definition) is 1. The Bertz CT molecular complexity index is 841. The number of alkyl halides is 2. The molecule has 6 nitrogen and oxygen atoms in total. The normalized spacial score (nSPS) is 15.1. The zero-order chi connectivity index (χ0) is 19.4. The Morgan fingerprint density at radius 1 is 1.11 bits per heavy atom. The van der Waals surface area contributed by atoms with Crippen LogP contribution in [0.1, 0.15) is 24.8 Å². The minimum atomic E-state index is -3.73. The molecule has 0 radical (unpaired) electrons. The van der Waals surface area contributed by atoms with Gasteiger partial charge in [-0.1, -0.05) is 37.3 Å². The fraction of sp³-hybridized carbons (Fsp3) is 0.263. The molecule has 1 amide bonds. The van der Waals surface area contributed by atoms with Crippen LogP contribution in [0.2, 0.25) is 0 Å². The fourth-order valence-electron chi connectivity index (χ4n) is 2.68. The van der Waals surface area contributed by atoms with E-state index in [-0.39, 0.29) is 17.2 Å². The second kappa shape index (κ2) is 7.61. The highest BCUT2D eigenvalue weighted by Gasteiger charge is 2.43. The monoisotopic (exact) mass is 377 g/mol. The van der Waals surface area contributed by atoms with Crippen molar-refractivity contribution in [3.05, 3.63) is 54.1 Å². The van der Waals surface area contributed by atoms with Gasteiger partial charge in [0.25, 0.3) is 5.91 Å². The average molecular weight is 377 g/mol. The molecule has 1 atom stereocenters. The van der Waals surface area contributed by atoms with Gasteiger partial charge in [-0.3, -0.25) is 9.59 Å². The molecule has 2 aromatic carbocycles. The average Bonchev–Trinajstić information content (AvgIpc) is 2.94. The summed E-state index contributed by atoms with van der Waals surface area (Å²) < 4.78 is 39.7. The van der Waals surface area contributed by atoms with Crippen LogP contribution in [0.5, 0.6) is 11.5 Å². The Morgan fingerprint density at radius 2 is 1.81 bits per heavy atom. The minimum absolute atomic E-state index is 0.127. The Labute approximate surface area is 154 Å². The molecule has 0 saturated heterocycles. The quantitative estimate of drug-likeness (QED) is 0.778. The van der Waals surface area contributed by atoms with Gasteiger partial charge in [0.05, 0.1) is 5.92 Å². The lowest BCUT2D eigenvalue weighted by atomic mass is 9.97. The Morgan fingerprint density at radius 3 is 2.52 bits per heavy atom. The van der Waals surface area contributed by atoms with Gasteiger partial charge in [-0.2, -0.15) is 0 Å². The van der Waals surface area contributed by atoms with E-state index in [9.17, 15) is 18.4 Å². The standard InChI is InChI=1S/C19H17F2NO5/c1-2-14(12-6-4-3-5-7-12)18(24)25-11-17(23)22-13-8-9-15-16(10-13)27-19(20,21)26-15/h3-10,14H,2,11H2,1H3,(H,22,23)/t14-/m1/s1. The Kier molecular flexibility index (Phi) is 5.25. The summed E-state index contributed by atoms with van der Waals surface area (Å²) in [6.07, 6.45) is -3.20. The van der Waals surface area contributed by atoms with Crippen LogP contribution in [0.25, 0.3) is 0 Å². The number of rotatable bonds is 6. The lowest BCUT2D eigenvalue weighted by molar-refractivity contribution is -0.286. The van der Waals surface area contributed by atoms with Crippen molar-refractivity contribution in [3.63, 3.8) is 0 Å². The molecule has 0 bridgehead atoms. The maximum atomic E-state index is 13.0. The molecule has 27 heavy (non-hydrogen) atoms. The van der Waals surface area contributed by atoms with Crippen LogP contribution < -0.4 is 14.8 Å². The number of anilines is 1. The van der Waals surface area contributed by atoms with Gasteiger partial charge < -0.3 is 19.5 Å². The lowest BCUT2D eigenvalue weighted by Crippen LogP contribution is -2.26. The van der Waals surface area contributed by atoms with E-state index < -0.39 is 30.7 Å². The van der Waals surface area contributed by atoms with Crippen molar-refractivity contribution in [2.24, 2.45) is 0 Å². The SMILES string of the molecule is CC[C@@H](C(=O)OCC(=O)Nc1ccc2c(c1)OC(F)(F)O2)c1ccccc1. The molecule has 3 rings (SSSR count). The Hall–Kier alpha value is -3.16. The molecule has 142 valence electrons. The molecule has 0 fully saturated rings. The number of esters is 1. The molecule has 8 heteroatoms. The van der Waals surface area contributed by atoms with E-state index in [1.807, 2.05) is 37.3 Å². The molecular formula is C19H17F2NO5. The highest BCUT2D eigenvalue weighted by molar-refractivity contribution is 5.93. The van der Waals surface area contributed by atoms with Gasteiger partial charge in [0, 0.05) is 11.8 Å². The van der Waals surface area contributed by atoms with Crippen molar-refractivity contribution in [2.75, 3.05) is 11.9 Å². The van der Waals surface area contributed by atoms with E-state index in [4.69, 9.17) is 4.74 Å². The first-order chi connectivity index (χ1) is 12.9. The maximum Gasteiger partial charge on any atom is 0.586 e. The van der Waals surface area contributed by atoms with E-state index in [0.717, 1.165) is 5.56 Å². The smallest absolute Gasteiger partial charge is 0.455 e. The van der Waals surface area contributed by atoms with Crippen LogP contribution in [-0.4, -0.2) is 24.8 Å². The summed E-state index contributed by atoms with van der Waals surface area (Å²) >= 11 is 0. The minimum Gasteiger partial charge on any atom is -0.455 e. The molecule has 1 aliphatic rings. The van der Waals surface area contributed by atoms with Crippen molar-refractivity contribution in [3.8, 4) is 11.5 Å². The summed E-state index contributed by atoms with van der Waals surface area (Å²) in [6.45, 7) is 1.36. The first kappa shape index (κ1) is 18.6. The number of hydrogen-bond acceptors (Lipinski definition) is 5. The number of ether oxygens (including phenoxy) is 3. The molecule has 0 spiro atoms. The maximum absolute atomic E-state index is 13.0. The van der Waals surface area contributed by atoms with Crippen LogP contribution in [0, 0.1) is 0 Å². The number of fused-ring (bicyclic) bond motifs is 1. The molecule has 0 unspecified atom stereocenters. The fourth-order valence-corrected chi connectivity index (χ4v) is 2.68. The van der Waals surface area contributed by atoms with Crippen molar-refractivity contribution < 1.29 is 32.6 Å². The summed E-state index contributed by atoms with van der Waals surface area (Å²) in [5.41, 5.74) is 1.02. The van der Waals surface area contributed by atoms with Gasteiger partial charge in [-0.15, -0.1) is 8.78 Å². The Balaban J connectivity index is 1.55. The number of halogens is 2. The summed E-state index contributed by atoms with van der Waals surface area (Å²) in [4.78, 5) is 24.2. The highest BCUT2D eigenvalue weighted by atomic mass is 19.3. The van der Waals surface area contributed by atoms with E-state index in [1.165, 1.54) is 18.2 Å². The first-order valence-electron chi connectivity index (χ1n) is 8.29. The van der Waals surface area contributed by atoms with E-state index >= 15 is 0 Å². The van der Waals surface area contributed by atoms with E-state index in [2.05, 4.69) is 14.8 Å². The van der Waals surface area contributed by atoms with Crippen LogP contribution in [0.15, 0.2) is 48.5 Å². The second-order valence-electron chi connectivity index (χ2n) is 5.86. The van der Waals surface area contributed by atoms with Crippen molar-refractivity contribution in [1.29, 1.82) is 0 Å². The molecule has 1 heterocycles. The number of nitrogens with one attached hydrogen (secondary N) is 1. The molecule has 0 saturated carbocycles. The topological polar surface area (TPSA) is 73.9 Å². The van der Waals surface area contributed by atoms with Gasteiger partial charge >= 0.3 is 12.3 Å². The van der Waals surface area contributed by atoms with Crippen LogP contribution in [-0.2, 0) is 14.3 Å². The summed E-state index contributed by atoms with van der Waals surface area (Å²) in [5.74, 6) is -1.89. The predicted molar refractivity (Wildman–Crippen MR) is 91.7 cm³/mol. The third-order valence-electron chi connectivity index (χ3n) is 3.93. The van der Waals surface area contributed by atoms with Gasteiger partial charge in [0.15, 0.2) is 18.1 Å². The summed E-state index contributed by atoms with van der Waals surface area (Å²) in [6, 6.07) is 12.9. The zero-order valence-electron chi connectivity index (χ0n) is 14.4. The summed E-state index contributed by atoms with van der Waals surface area (Å²) in [7, 11) is 0. The van der Waals surface area contributed by atoms with Gasteiger partial charge in [0.1, 0.15) is 0 Å². The molecule has 2 aromatic rings. The molecular weight excluding hydrogens is 360 g/mol. The molecule has 0 aromatic heterocycles. The second-order valence-corrected chi connectivity index (χ2v) is 5.86. The third kappa shape index (κ3) is 4.52. The van der Waals surface area contributed by atoms with Crippen LogP contribution in [0.3, 0.4) is 0 Å². The number of amides is 1. The van der Waals surface area contributed by atoms with E-state index in [0.29, 0.717) is 6.42 Å². The number of benzene rings is 2. The summed E-state index contributed by atoms with van der Waals surface area (Å²) in [5, 5.41) is 2.45. The molecule has 1 N–H and O–H groups in total. The van der Waals surface area contributed by atoms with Crippen LogP contribution >= 0.6 is 0 Å². The first-order valence-corrected chi connectivity index (χ1v) is 8.29.